The van der Waals surface area contributed by atoms with Gasteiger partial charge in [0.25, 0.3) is 0 Å². The first kappa shape index (κ1) is 10.6. The number of aryl methyl sites for hydroxylation is 1. The lowest BCUT2D eigenvalue weighted by Gasteiger charge is -2.08. The van der Waals surface area contributed by atoms with Crippen LogP contribution in [0, 0.1) is 6.92 Å². The number of benzene rings is 1. The van der Waals surface area contributed by atoms with Crippen LogP contribution in [0.2, 0.25) is 0 Å². The molecule has 12 heavy (non-hydrogen) atoms. The molecule has 0 aliphatic heterocycles. The van der Waals surface area contributed by atoms with Crippen LogP contribution in [0.15, 0.2) is 21.1 Å². The van der Waals surface area contributed by atoms with Crippen molar-refractivity contribution < 1.29 is 0 Å². The zero-order chi connectivity index (χ0) is 9.30. The average Bonchev–Trinajstić information content (AvgIpc) is 1.96. The largest absolute Gasteiger partial charge is 0.118 e. The van der Waals surface area contributed by atoms with E-state index in [2.05, 4.69) is 50.9 Å². The number of hydrogen-bond acceptors (Lipinski definition) is 0. The Labute approximate surface area is 94.6 Å². The summed E-state index contributed by atoms with van der Waals surface area (Å²) < 4.78 is 2.18. The standard InChI is InChI=1S/C9H9Br2Cl/c1-5-3-9(11)7(6(2)12)4-8(5)10/h3-4,6H,1-2H3. The first-order valence-electron chi connectivity index (χ1n) is 3.62. The molecule has 66 valence electrons. The van der Waals surface area contributed by atoms with Gasteiger partial charge in [0.05, 0.1) is 5.38 Å². The third-order valence-electron chi connectivity index (χ3n) is 1.71. The minimum absolute atomic E-state index is 0.0382. The molecule has 0 heterocycles. The summed E-state index contributed by atoms with van der Waals surface area (Å²) in [4.78, 5) is 0. The fourth-order valence-electron chi connectivity index (χ4n) is 0.967. The lowest BCUT2D eigenvalue weighted by molar-refractivity contribution is 1.07. The van der Waals surface area contributed by atoms with Gasteiger partial charge < -0.3 is 0 Å². The predicted octanol–water partition coefficient (Wildman–Crippen LogP) is 4.82. The summed E-state index contributed by atoms with van der Waals surface area (Å²) >= 11 is 12.9. The van der Waals surface area contributed by atoms with Gasteiger partial charge in [0.15, 0.2) is 0 Å². The molecule has 1 atom stereocenters. The van der Waals surface area contributed by atoms with Gasteiger partial charge in [0, 0.05) is 8.95 Å². The molecule has 0 aliphatic carbocycles. The minimum Gasteiger partial charge on any atom is -0.118 e. The molecule has 0 spiro atoms. The highest BCUT2D eigenvalue weighted by molar-refractivity contribution is 9.11. The second kappa shape index (κ2) is 4.12. The molecule has 0 aromatic heterocycles. The van der Waals surface area contributed by atoms with E-state index >= 15 is 0 Å². The maximum atomic E-state index is 5.98. The summed E-state index contributed by atoms with van der Waals surface area (Å²) in [5, 5.41) is 0.0382. The van der Waals surface area contributed by atoms with Crippen LogP contribution >= 0.6 is 43.5 Å². The van der Waals surface area contributed by atoms with E-state index in [4.69, 9.17) is 11.6 Å². The van der Waals surface area contributed by atoms with Crippen LogP contribution in [0.3, 0.4) is 0 Å². The molecule has 0 aliphatic rings. The van der Waals surface area contributed by atoms with E-state index in [1.807, 2.05) is 6.92 Å². The van der Waals surface area contributed by atoms with Crippen molar-refractivity contribution in [3.63, 3.8) is 0 Å². The second-order valence-corrected chi connectivity index (χ2v) is 5.10. The van der Waals surface area contributed by atoms with Crippen molar-refractivity contribution in [3.05, 3.63) is 32.2 Å². The number of halogens is 3. The van der Waals surface area contributed by atoms with Crippen LogP contribution in [0.1, 0.15) is 23.4 Å². The zero-order valence-corrected chi connectivity index (χ0v) is 10.8. The van der Waals surface area contributed by atoms with Crippen molar-refractivity contribution in [2.45, 2.75) is 19.2 Å². The minimum atomic E-state index is 0.0382. The molecule has 0 fully saturated rings. The molecule has 1 aromatic carbocycles. The normalized spacial score (nSPS) is 13.1. The summed E-state index contributed by atoms with van der Waals surface area (Å²) in [6.07, 6.45) is 0. The monoisotopic (exact) mass is 310 g/mol. The molecule has 1 aromatic rings. The number of alkyl halides is 1. The molecule has 1 unspecified atom stereocenters. The SMILES string of the molecule is Cc1cc(Br)c(C(C)Cl)cc1Br. The fraction of sp³-hybridized carbons (Fsp3) is 0.333. The van der Waals surface area contributed by atoms with E-state index in [1.165, 1.54) is 5.56 Å². The highest BCUT2D eigenvalue weighted by Gasteiger charge is 2.08. The van der Waals surface area contributed by atoms with Crippen LogP contribution in [0.25, 0.3) is 0 Å². The molecule has 0 saturated heterocycles. The molecule has 1 rings (SSSR count). The topological polar surface area (TPSA) is 0 Å². The Kier molecular flexibility index (Phi) is 3.62. The van der Waals surface area contributed by atoms with Crippen LogP contribution in [0.4, 0.5) is 0 Å². The summed E-state index contributed by atoms with van der Waals surface area (Å²) in [5.41, 5.74) is 2.33. The Morgan fingerprint density at radius 2 is 1.83 bits per heavy atom. The Balaban J connectivity index is 3.23. The van der Waals surface area contributed by atoms with Gasteiger partial charge in [-0.1, -0.05) is 31.9 Å². The lowest BCUT2D eigenvalue weighted by Crippen LogP contribution is -1.88. The van der Waals surface area contributed by atoms with E-state index < -0.39 is 0 Å². The van der Waals surface area contributed by atoms with E-state index in [1.54, 1.807) is 0 Å². The van der Waals surface area contributed by atoms with Gasteiger partial charge in [0.1, 0.15) is 0 Å². The first-order valence-corrected chi connectivity index (χ1v) is 5.64. The fourth-order valence-corrected chi connectivity index (χ4v) is 2.44. The molecule has 0 radical (unpaired) electrons. The van der Waals surface area contributed by atoms with E-state index in [0.29, 0.717) is 0 Å². The molecule has 0 bridgehead atoms. The van der Waals surface area contributed by atoms with Gasteiger partial charge in [0.2, 0.25) is 0 Å². The Hall–Kier alpha value is 0.470. The van der Waals surface area contributed by atoms with Crippen molar-refractivity contribution in [1.29, 1.82) is 0 Å². The van der Waals surface area contributed by atoms with Gasteiger partial charge in [-0.25, -0.2) is 0 Å². The van der Waals surface area contributed by atoms with Crippen molar-refractivity contribution in [1.82, 2.24) is 0 Å². The molecule has 3 heteroatoms. The lowest BCUT2D eigenvalue weighted by atomic mass is 10.1. The Bertz CT molecular complexity index is 295. The quantitative estimate of drug-likeness (QED) is 0.652. The highest BCUT2D eigenvalue weighted by atomic mass is 79.9. The smallest absolute Gasteiger partial charge is 0.0568 e. The molecule has 0 nitrogen and oxygen atoms in total. The van der Waals surface area contributed by atoms with E-state index in [-0.39, 0.29) is 5.38 Å². The van der Waals surface area contributed by atoms with Gasteiger partial charge >= 0.3 is 0 Å². The van der Waals surface area contributed by atoms with Crippen molar-refractivity contribution in [2.75, 3.05) is 0 Å². The van der Waals surface area contributed by atoms with Crippen molar-refractivity contribution in [2.24, 2.45) is 0 Å². The second-order valence-electron chi connectivity index (χ2n) is 2.74. The van der Waals surface area contributed by atoms with Crippen LogP contribution in [-0.4, -0.2) is 0 Å². The molecular formula is C9H9Br2Cl. The van der Waals surface area contributed by atoms with Gasteiger partial charge in [-0.2, -0.15) is 0 Å². The Morgan fingerprint density at radius 1 is 1.25 bits per heavy atom. The third kappa shape index (κ3) is 2.24. The van der Waals surface area contributed by atoms with E-state index in [0.717, 1.165) is 14.5 Å². The molecule has 0 amide bonds. The summed E-state index contributed by atoms with van der Waals surface area (Å²) in [6, 6.07) is 4.12. The van der Waals surface area contributed by atoms with E-state index in [9.17, 15) is 0 Å². The van der Waals surface area contributed by atoms with Crippen molar-refractivity contribution in [3.8, 4) is 0 Å². The van der Waals surface area contributed by atoms with Crippen LogP contribution < -0.4 is 0 Å². The number of rotatable bonds is 1. The van der Waals surface area contributed by atoms with Crippen molar-refractivity contribution >= 4 is 43.5 Å². The van der Waals surface area contributed by atoms with Gasteiger partial charge in [-0.3, -0.25) is 0 Å². The summed E-state index contributed by atoms with van der Waals surface area (Å²) in [5.74, 6) is 0. The maximum absolute atomic E-state index is 5.98. The summed E-state index contributed by atoms with van der Waals surface area (Å²) in [6.45, 7) is 4.01. The maximum Gasteiger partial charge on any atom is 0.0568 e. The number of hydrogen-bond donors (Lipinski definition) is 0. The van der Waals surface area contributed by atoms with Gasteiger partial charge in [-0.15, -0.1) is 11.6 Å². The molecular weight excluding hydrogens is 303 g/mol. The highest BCUT2D eigenvalue weighted by Crippen LogP contribution is 2.32. The molecule has 0 saturated carbocycles. The third-order valence-corrected chi connectivity index (χ3v) is 3.48. The van der Waals surface area contributed by atoms with Crippen LogP contribution in [0.5, 0.6) is 0 Å². The predicted molar refractivity (Wildman–Crippen MR) is 60.8 cm³/mol. The Morgan fingerprint density at radius 3 is 2.33 bits per heavy atom. The molecule has 0 N–H and O–H groups in total. The van der Waals surface area contributed by atoms with Crippen LogP contribution in [-0.2, 0) is 0 Å². The first-order chi connectivity index (χ1) is 5.52. The zero-order valence-electron chi connectivity index (χ0n) is 6.87. The summed E-state index contributed by atoms with van der Waals surface area (Å²) in [7, 11) is 0. The average molecular weight is 312 g/mol. The van der Waals surface area contributed by atoms with Gasteiger partial charge in [-0.05, 0) is 37.1 Å².